The largest absolute Gasteiger partial charge is 0.493 e. The molecule has 0 N–H and O–H groups in total. The number of aromatic nitrogens is 1. The molecular weight excluding hydrogens is 504 g/mol. The average Bonchev–Trinajstić information content (AvgIpc) is 3.34. The van der Waals surface area contributed by atoms with Gasteiger partial charge in [-0.25, -0.2) is 9.67 Å². The van der Waals surface area contributed by atoms with Crippen LogP contribution in [0.3, 0.4) is 0 Å². The van der Waals surface area contributed by atoms with Gasteiger partial charge in [-0.2, -0.15) is 5.10 Å². The molecule has 1 aliphatic carbocycles. The summed E-state index contributed by atoms with van der Waals surface area (Å²) in [6.45, 7) is 0. The molecule has 0 saturated carbocycles. The van der Waals surface area contributed by atoms with Gasteiger partial charge >= 0.3 is 0 Å². The lowest BCUT2D eigenvalue weighted by Gasteiger charge is -2.18. The maximum Gasteiger partial charge on any atom is 0.294 e. The van der Waals surface area contributed by atoms with Crippen LogP contribution < -0.4 is 19.0 Å². The van der Waals surface area contributed by atoms with E-state index in [2.05, 4.69) is 12.1 Å². The molecule has 10 heteroatoms. The summed E-state index contributed by atoms with van der Waals surface area (Å²) in [5.41, 5.74) is 4.98. The predicted octanol–water partition coefficient (Wildman–Crippen LogP) is 5.97. The summed E-state index contributed by atoms with van der Waals surface area (Å²) in [6, 6.07) is 18.4. The monoisotopic (exact) mass is 530 g/mol. The minimum atomic E-state index is -0.430. The zero-order valence-corrected chi connectivity index (χ0v) is 22.0. The molecule has 38 heavy (non-hydrogen) atoms. The quantitative estimate of drug-likeness (QED) is 0.216. The fourth-order valence-electron chi connectivity index (χ4n) is 4.54. The maximum atomic E-state index is 11.7. The van der Waals surface area contributed by atoms with E-state index in [0.717, 1.165) is 41.8 Å². The van der Waals surface area contributed by atoms with Crippen LogP contribution in [-0.4, -0.2) is 36.6 Å². The lowest BCUT2D eigenvalue weighted by atomic mass is 9.90. The number of hydrogen-bond donors (Lipinski definition) is 0. The molecule has 5 rings (SSSR count). The number of rotatable bonds is 7. The fourth-order valence-corrected chi connectivity index (χ4v) is 5.39. The van der Waals surface area contributed by atoms with Crippen LogP contribution in [0.1, 0.15) is 24.0 Å². The van der Waals surface area contributed by atoms with Gasteiger partial charge in [0.2, 0.25) is 10.6 Å². The highest BCUT2D eigenvalue weighted by atomic mass is 32.1. The number of nitrogens with zero attached hydrogens (tertiary/aromatic N) is 4. The van der Waals surface area contributed by atoms with E-state index < -0.39 is 4.92 Å². The third-order valence-electron chi connectivity index (χ3n) is 6.35. The van der Waals surface area contributed by atoms with Crippen molar-refractivity contribution in [3.63, 3.8) is 0 Å². The highest BCUT2D eigenvalue weighted by Gasteiger charge is 2.20. The van der Waals surface area contributed by atoms with Crippen molar-refractivity contribution < 1.29 is 19.1 Å². The number of aryl methyl sites for hydroxylation is 1. The molecule has 0 bridgehead atoms. The van der Waals surface area contributed by atoms with Crippen molar-refractivity contribution in [2.45, 2.75) is 19.3 Å². The molecular formula is C28H26N4O5S. The van der Waals surface area contributed by atoms with Gasteiger partial charge in [0, 0.05) is 22.6 Å². The molecule has 9 nitrogen and oxygen atoms in total. The second-order valence-corrected chi connectivity index (χ2v) is 9.38. The standard InChI is InChI=1S/C28H26N4O5S/c1-35-25-15-19(16-26(36-2)27(25)37-3)24-17-38-28(29-22-12-6-7-14-23(22)32(33)34)31(24)30-21-13-8-10-18-9-4-5-11-20(18)21/h4-7,9,11-12,14-17H,8,10,13H2,1-3H3. The number of nitro groups is 1. The van der Waals surface area contributed by atoms with Gasteiger partial charge < -0.3 is 14.2 Å². The summed E-state index contributed by atoms with van der Waals surface area (Å²) < 4.78 is 18.4. The van der Waals surface area contributed by atoms with Crippen molar-refractivity contribution in [1.82, 2.24) is 4.68 Å². The summed E-state index contributed by atoms with van der Waals surface area (Å²) in [7, 11) is 4.69. The summed E-state index contributed by atoms with van der Waals surface area (Å²) in [6.07, 6.45) is 2.78. The number of hydrogen-bond acceptors (Lipinski definition) is 8. The number of thiazole rings is 1. The molecule has 0 spiro atoms. The van der Waals surface area contributed by atoms with E-state index in [4.69, 9.17) is 24.3 Å². The SMILES string of the molecule is COc1cc(-c2csc(=Nc3ccccc3[N+](=O)[O-])n2N=C2CCCc3ccccc32)cc(OC)c1OC. The number of methoxy groups -OCH3 is 3. The van der Waals surface area contributed by atoms with Crippen LogP contribution in [0.15, 0.2) is 76.1 Å². The Bertz CT molecular complexity index is 1580. The Morgan fingerprint density at radius 1 is 0.947 bits per heavy atom. The van der Waals surface area contributed by atoms with Crippen molar-refractivity contribution in [2.24, 2.45) is 10.1 Å². The fraction of sp³-hybridized carbons (Fsp3) is 0.214. The first-order chi connectivity index (χ1) is 18.5. The third-order valence-corrected chi connectivity index (χ3v) is 7.17. The summed E-state index contributed by atoms with van der Waals surface area (Å²) in [4.78, 5) is 16.4. The molecule has 0 unspecified atom stereocenters. The van der Waals surface area contributed by atoms with Crippen LogP contribution in [0.2, 0.25) is 0 Å². The number of para-hydroxylation sites is 2. The minimum absolute atomic E-state index is 0.0718. The smallest absolute Gasteiger partial charge is 0.294 e. The first-order valence-corrected chi connectivity index (χ1v) is 12.9. The average molecular weight is 531 g/mol. The van der Waals surface area contributed by atoms with Gasteiger partial charge in [-0.15, -0.1) is 11.3 Å². The first kappa shape index (κ1) is 25.2. The predicted molar refractivity (Wildman–Crippen MR) is 147 cm³/mol. The summed E-state index contributed by atoms with van der Waals surface area (Å²) in [5.74, 6) is 1.50. The zero-order chi connectivity index (χ0) is 26.6. The molecule has 0 aliphatic heterocycles. The number of fused-ring (bicyclic) bond motifs is 1. The highest BCUT2D eigenvalue weighted by Crippen LogP contribution is 2.41. The van der Waals surface area contributed by atoms with E-state index in [0.29, 0.717) is 22.0 Å². The Labute approximate surface area is 223 Å². The van der Waals surface area contributed by atoms with Crippen molar-refractivity contribution in [3.05, 3.63) is 92.1 Å². The van der Waals surface area contributed by atoms with E-state index >= 15 is 0 Å². The third kappa shape index (κ3) is 4.78. The number of ether oxygens (including phenoxy) is 3. The zero-order valence-electron chi connectivity index (χ0n) is 21.2. The Balaban J connectivity index is 1.77. The van der Waals surface area contributed by atoms with Crippen molar-refractivity contribution in [1.29, 1.82) is 0 Å². The Hall–Kier alpha value is -4.44. The van der Waals surface area contributed by atoms with E-state index in [1.165, 1.54) is 23.0 Å². The van der Waals surface area contributed by atoms with Gasteiger partial charge in [-0.3, -0.25) is 10.1 Å². The lowest BCUT2D eigenvalue weighted by Crippen LogP contribution is -2.18. The number of nitro benzene ring substituents is 1. The molecule has 0 atom stereocenters. The topological polar surface area (TPSA) is 100 Å². The van der Waals surface area contributed by atoms with Crippen molar-refractivity contribution in [2.75, 3.05) is 21.3 Å². The van der Waals surface area contributed by atoms with E-state index in [9.17, 15) is 10.1 Å². The van der Waals surface area contributed by atoms with Gasteiger partial charge in [0.05, 0.1) is 37.7 Å². The van der Waals surface area contributed by atoms with Crippen LogP contribution in [0.4, 0.5) is 11.4 Å². The van der Waals surface area contributed by atoms with Crippen LogP contribution in [-0.2, 0) is 6.42 Å². The first-order valence-electron chi connectivity index (χ1n) is 12.0. The number of benzene rings is 3. The molecule has 3 aromatic carbocycles. The summed E-state index contributed by atoms with van der Waals surface area (Å²) >= 11 is 1.35. The molecule has 1 aromatic heterocycles. The van der Waals surface area contributed by atoms with Gasteiger partial charge in [0.15, 0.2) is 11.5 Å². The Kier molecular flexibility index (Phi) is 7.23. The van der Waals surface area contributed by atoms with Gasteiger partial charge in [0.25, 0.3) is 5.69 Å². The second kappa shape index (κ2) is 10.9. The van der Waals surface area contributed by atoms with E-state index in [1.807, 2.05) is 29.6 Å². The summed E-state index contributed by atoms with van der Waals surface area (Å²) in [5, 5.41) is 18.7. The van der Waals surface area contributed by atoms with E-state index in [1.54, 1.807) is 44.2 Å². The van der Waals surface area contributed by atoms with Crippen LogP contribution in [0.25, 0.3) is 11.3 Å². The Morgan fingerprint density at radius 3 is 2.37 bits per heavy atom. The molecule has 194 valence electrons. The molecule has 1 aliphatic rings. The molecule has 0 amide bonds. The van der Waals surface area contributed by atoms with Crippen LogP contribution >= 0.6 is 11.3 Å². The Morgan fingerprint density at radius 2 is 1.66 bits per heavy atom. The lowest BCUT2D eigenvalue weighted by molar-refractivity contribution is -0.384. The van der Waals surface area contributed by atoms with Gasteiger partial charge in [-0.1, -0.05) is 36.4 Å². The molecule has 4 aromatic rings. The van der Waals surface area contributed by atoms with Crippen molar-refractivity contribution in [3.8, 4) is 28.5 Å². The van der Waals surface area contributed by atoms with E-state index in [-0.39, 0.29) is 11.4 Å². The second-order valence-electron chi connectivity index (χ2n) is 8.54. The van der Waals surface area contributed by atoms with Crippen LogP contribution in [0.5, 0.6) is 17.2 Å². The molecule has 1 heterocycles. The van der Waals surface area contributed by atoms with Gasteiger partial charge in [-0.05, 0) is 43.0 Å². The normalized spacial score (nSPS) is 14.3. The highest BCUT2D eigenvalue weighted by molar-refractivity contribution is 7.07. The molecule has 0 saturated heterocycles. The minimum Gasteiger partial charge on any atom is -0.493 e. The van der Waals surface area contributed by atoms with Gasteiger partial charge in [0.1, 0.15) is 5.69 Å². The van der Waals surface area contributed by atoms with Crippen molar-refractivity contribution >= 4 is 28.4 Å². The molecule has 0 fully saturated rings. The maximum absolute atomic E-state index is 11.7. The molecule has 0 radical (unpaired) electrons. The van der Waals surface area contributed by atoms with Crippen LogP contribution in [0, 0.1) is 10.1 Å².